The number of hydrogen-bond donors (Lipinski definition) is 0. The van der Waals surface area contributed by atoms with E-state index in [0.717, 1.165) is 11.3 Å². The van der Waals surface area contributed by atoms with Crippen molar-refractivity contribution in [3.8, 4) is 5.75 Å². The lowest BCUT2D eigenvalue weighted by Gasteiger charge is -2.12. The fourth-order valence-corrected chi connectivity index (χ4v) is 2.42. The summed E-state index contributed by atoms with van der Waals surface area (Å²) in [6, 6.07) is 12.2. The molecule has 2 aromatic rings. The molecule has 2 nitrogen and oxygen atoms in total. The van der Waals surface area contributed by atoms with E-state index in [2.05, 4.69) is 15.9 Å². The van der Waals surface area contributed by atoms with Gasteiger partial charge in [-0.2, -0.15) is 0 Å². The predicted molar refractivity (Wildman–Crippen MR) is 80.6 cm³/mol. The average molecular weight is 357 g/mol. The van der Waals surface area contributed by atoms with Crippen LogP contribution in [-0.4, -0.2) is 7.11 Å². The second kappa shape index (κ2) is 7.52. The lowest BCUT2D eigenvalue weighted by atomic mass is 10.1. The Morgan fingerprint density at radius 1 is 1.05 bits per heavy atom. The number of methoxy groups -OCH3 is 1. The van der Waals surface area contributed by atoms with Crippen LogP contribution in [0.5, 0.6) is 5.75 Å². The molecule has 0 heterocycles. The van der Waals surface area contributed by atoms with Gasteiger partial charge in [-0.3, -0.25) is 0 Å². The van der Waals surface area contributed by atoms with Crippen LogP contribution in [0.1, 0.15) is 23.1 Å². The van der Waals surface area contributed by atoms with Gasteiger partial charge in [-0.05, 0) is 23.8 Å². The Kier molecular flexibility index (Phi) is 5.70. The average Bonchev–Trinajstić information content (AvgIpc) is 2.49. The van der Waals surface area contributed by atoms with E-state index < -0.39 is 6.43 Å². The summed E-state index contributed by atoms with van der Waals surface area (Å²) in [5.74, 6) is 0.768. The van der Waals surface area contributed by atoms with Crippen LogP contribution in [0.3, 0.4) is 0 Å². The summed E-state index contributed by atoms with van der Waals surface area (Å²) < 4.78 is 37.2. The van der Waals surface area contributed by atoms with Crippen molar-refractivity contribution in [2.45, 2.75) is 19.6 Å². The molecule has 0 atom stereocenters. The minimum atomic E-state index is -2.51. The maximum Gasteiger partial charge on any atom is 0.264 e. The number of ether oxygens (including phenoxy) is 2. The lowest BCUT2D eigenvalue weighted by Crippen LogP contribution is -2.00. The minimum absolute atomic E-state index is 0.000828. The van der Waals surface area contributed by atoms with E-state index in [1.807, 2.05) is 24.3 Å². The Hall–Kier alpha value is -1.46. The highest BCUT2D eigenvalue weighted by Gasteiger charge is 2.15. The van der Waals surface area contributed by atoms with Crippen molar-refractivity contribution in [1.82, 2.24) is 0 Å². The summed E-state index contributed by atoms with van der Waals surface area (Å²) in [5, 5.41) is 0. The van der Waals surface area contributed by atoms with E-state index >= 15 is 0 Å². The summed E-state index contributed by atoms with van der Waals surface area (Å²) >= 11 is 3.29. The molecule has 0 aromatic heterocycles. The Bertz CT molecular complexity index is 585. The van der Waals surface area contributed by atoms with Gasteiger partial charge in [-0.25, -0.2) is 8.78 Å². The smallest absolute Gasteiger partial charge is 0.264 e. The van der Waals surface area contributed by atoms with Crippen LogP contribution in [0, 0.1) is 0 Å². The van der Waals surface area contributed by atoms with Crippen molar-refractivity contribution in [1.29, 1.82) is 0 Å². The first kappa shape index (κ1) is 15.9. The second-order valence-electron chi connectivity index (χ2n) is 4.45. The number of benzene rings is 2. The molecule has 5 heteroatoms. The van der Waals surface area contributed by atoms with Crippen molar-refractivity contribution in [2.75, 3.05) is 7.11 Å². The monoisotopic (exact) mass is 356 g/mol. The van der Waals surface area contributed by atoms with E-state index in [-0.39, 0.29) is 12.2 Å². The Morgan fingerprint density at radius 2 is 1.76 bits per heavy atom. The fraction of sp³-hybridized carbons (Fsp3) is 0.250. The van der Waals surface area contributed by atoms with Gasteiger partial charge in [-0.1, -0.05) is 40.2 Å². The summed E-state index contributed by atoms with van der Waals surface area (Å²) in [6.45, 7) is 0.487. The summed E-state index contributed by atoms with van der Waals surface area (Å²) in [7, 11) is 1.60. The molecule has 0 radical (unpaired) electrons. The summed E-state index contributed by atoms with van der Waals surface area (Å²) in [6.07, 6.45) is -2.51. The minimum Gasteiger partial charge on any atom is -0.497 e. The molecule has 0 spiro atoms. The molecule has 0 saturated heterocycles. The molecule has 0 N–H and O–H groups in total. The third-order valence-corrected chi connectivity index (χ3v) is 3.81. The standard InChI is InChI=1S/C16H15BrF2O2/c1-20-12-7-5-11(6-8-12)9-21-10-14-13(16(18)19)3-2-4-15(14)17/h2-8,16H,9-10H2,1H3. The van der Waals surface area contributed by atoms with E-state index in [9.17, 15) is 8.78 Å². The first-order valence-corrected chi connectivity index (χ1v) is 7.17. The quantitative estimate of drug-likeness (QED) is 0.715. The Balaban J connectivity index is 2.00. The molecule has 0 unspecified atom stereocenters. The van der Waals surface area contributed by atoms with Gasteiger partial charge < -0.3 is 9.47 Å². The molecule has 0 aliphatic rings. The van der Waals surface area contributed by atoms with Gasteiger partial charge in [0.15, 0.2) is 0 Å². The van der Waals surface area contributed by atoms with Crippen LogP contribution in [0.15, 0.2) is 46.9 Å². The third kappa shape index (κ3) is 4.25. The molecule has 0 saturated carbocycles. The first-order valence-electron chi connectivity index (χ1n) is 6.38. The lowest BCUT2D eigenvalue weighted by molar-refractivity contribution is 0.0995. The Labute approximate surface area is 130 Å². The van der Waals surface area contributed by atoms with Crippen molar-refractivity contribution >= 4 is 15.9 Å². The van der Waals surface area contributed by atoms with Gasteiger partial charge in [-0.15, -0.1) is 0 Å². The van der Waals surface area contributed by atoms with Crippen molar-refractivity contribution in [3.05, 3.63) is 63.6 Å². The largest absolute Gasteiger partial charge is 0.497 e. The van der Waals surface area contributed by atoms with Gasteiger partial charge >= 0.3 is 0 Å². The van der Waals surface area contributed by atoms with Crippen LogP contribution < -0.4 is 4.74 Å². The molecular formula is C16H15BrF2O2. The summed E-state index contributed by atoms with van der Waals surface area (Å²) in [5.41, 5.74) is 1.45. The van der Waals surface area contributed by atoms with Crippen LogP contribution >= 0.6 is 15.9 Å². The predicted octanol–water partition coefficient (Wildman–Crippen LogP) is 5.11. The van der Waals surface area contributed by atoms with E-state index in [1.54, 1.807) is 19.2 Å². The van der Waals surface area contributed by atoms with Crippen LogP contribution in [0.25, 0.3) is 0 Å². The highest BCUT2D eigenvalue weighted by atomic mass is 79.9. The molecule has 21 heavy (non-hydrogen) atoms. The Morgan fingerprint density at radius 3 is 2.38 bits per heavy atom. The van der Waals surface area contributed by atoms with Crippen molar-refractivity contribution in [2.24, 2.45) is 0 Å². The highest BCUT2D eigenvalue weighted by molar-refractivity contribution is 9.10. The fourth-order valence-electron chi connectivity index (χ4n) is 1.92. The maximum atomic E-state index is 13.0. The molecule has 2 aromatic carbocycles. The van der Waals surface area contributed by atoms with Crippen LogP contribution in [0.2, 0.25) is 0 Å². The van der Waals surface area contributed by atoms with Crippen molar-refractivity contribution in [3.63, 3.8) is 0 Å². The number of alkyl halides is 2. The summed E-state index contributed by atoms with van der Waals surface area (Å²) in [4.78, 5) is 0. The van der Waals surface area contributed by atoms with Gasteiger partial charge in [0, 0.05) is 15.6 Å². The first-order chi connectivity index (χ1) is 10.1. The van der Waals surface area contributed by atoms with Crippen molar-refractivity contribution < 1.29 is 18.3 Å². The number of halogens is 3. The van der Waals surface area contributed by atoms with E-state index in [1.165, 1.54) is 6.07 Å². The normalized spacial score (nSPS) is 10.9. The molecule has 112 valence electrons. The van der Waals surface area contributed by atoms with E-state index in [0.29, 0.717) is 16.6 Å². The molecule has 0 fully saturated rings. The zero-order valence-corrected chi connectivity index (χ0v) is 13.1. The zero-order chi connectivity index (χ0) is 15.2. The van der Waals surface area contributed by atoms with Gasteiger partial charge in [0.2, 0.25) is 0 Å². The molecule has 0 aliphatic heterocycles. The number of hydrogen-bond acceptors (Lipinski definition) is 2. The molecular weight excluding hydrogens is 342 g/mol. The second-order valence-corrected chi connectivity index (χ2v) is 5.30. The highest BCUT2D eigenvalue weighted by Crippen LogP contribution is 2.29. The van der Waals surface area contributed by atoms with Crippen LogP contribution in [0.4, 0.5) is 8.78 Å². The van der Waals surface area contributed by atoms with Gasteiger partial charge in [0.1, 0.15) is 5.75 Å². The van der Waals surface area contributed by atoms with Crippen LogP contribution in [-0.2, 0) is 18.0 Å². The topological polar surface area (TPSA) is 18.5 Å². The maximum absolute atomic E-state index is 13.0. The SMILES string of the molecule is COc1ccc(COCc2c(Br)cccc2C(F)F)cc1. The van der Waals surface area contributed by atoms with E-state index in [4.69, 9.17) is 9.47 Å². The molecule has 2 rings (SSSR count). The molecule has 0 amide bonds. The molecule has 0 bridgehead atoms. The van der Waals surface area contributed by atoms with Gasteiger partial charge in [0.25, 0.3) is 6.43 Å². The van der Waals surface area contributed by atoms with Gasteiger partial charge in [0.05, 0.1) is 20.3 Å². The third-order valence-electron chi connectivity index (χ3n) is 3.06. The zero-order valence-electron chi connectivity index (χ0n) is 11.5. The molecule has 0 aliphatic carbocycles. The number of rotatable bonds is 6.